The summed E-state index contributed by atoms with van der Waals surface area (Å²) in [6.07, 6.45) is 1.28. The second kappa shape index (κ2) is 9.14. The molecule has 0 aliphatic rings. The third kappa shape index (κ3) is 4.65. The predicted octanol–water partition coefficient (Wildman–Crippen LogP) is 5.26. The van der Waals surface area contributed by atoms with Gasteiger partial charge in [0.1, 0.15) is 11.3 Å². The van der Waals surface area contributed by atoms with Crippen LogP contribution in [0.4, 0.5) is 0 Å². The molecule has 0 saturated carbocycles. The molecule has 6 nitrogen and oxygen atoms in total. The van der Waals surface area contributed by atoms with Gasteiger partial charge < -0.3 is 14.6 Å². The van der Waals surface area contributed by atoms with E-state index in [1.54, 1.807) is 24.3 Å². The van der Waals surface area contributed by atoms with Crippen molar-refractivity contribution in [3.63, 3.8) is 0 Å². The summed E-state index contributed by atoms with van der Waals surface area (Å²) >= 11 is 0. The van der Waals surface area contributed by atoms with Gasteiger partial charge in [0.2, 0.25) is 5.89 Å². The molecule has 0 amide bonds. The number of oxazole rings is 1. The summed E-state index contributed by atoms with van der Waals surface area (Å²) in [6.45, 7) is 0. The number of carbonyl (C=O) groups is 2. The van der Waals surface area contributed by atoms with Crippen molar-refractivity contribution in [3.8, 4) is 22.6 Å². The van der Waals surface area contributed by atoms with E-state index >= 15 is 0 Å². The molecule has 158 valence electrons. The van der Waals surface area contributed by atoms with Crippen molar-refractivity contribution in [1.29, 1.82) is 0 Å². The molecular weight excluding hydrogens is 406 g/mol. The highest BCUT2D eigenvalue weighted by Crippen LogP contribution is 2.35. The molecule has 1 heterocycles. The zero-order valence-electron chi connectivity index (χ0n) is 16.9. The van der Waals surface area contributed by atoms with Crippen molar-refractivity contribution < 1.29 is 24.2 Å². The normalized spacial score (nSPS) is 11.3. The molecule has 0 aliphatic heterocycles. The van der Waals surface area contributed by atoms with Crippen molar-refractivity contribution in [2.75, 3.05) is 0 Å². The van der Waals surface area contributed by atoms with Gasteiger partial charge in [0, 0.05) is 11.1 Å². The van der Waals surface area contributed by atoms with E-state index in [9.17, 15) is 14.7 Å². The highest BCUT2D eigenvalue weighted by atomic mass is 16.4. The number of rotatable bonds is 7. The van der Waals surface area contributed by atoms with Crippen LogP contribution in [0.25, 0.3) is 34.2 Å². The minimum Gasteiger partial charge on any atom is -0.481 e. The lowest BCUT2D eigenvalue weighted by Gasteiger charge is -2.02. The quantitative estimate of drug-likeness (QED) is 0.392. The summed E-state index contributed by atoms with van der Waals surface area (Å²) < 4.78 is 5.99. The van der Waals surface area contributed by atoms with Crippen LogP contribution < -0.4 is 0 Å². The molecule has 3 aromatic carbocycles. The van der Waals surface area contributed by atoms with E-state index in [0.717, 1.165) is 11.1 Å². The zero-order chi connectivity index (χ0) is 22.5. The largest absolute Gasteiger partial charge is 0.481 e. The number of aliphatic carboxylic acids is 2. The minimum atomic E-state index is -1.20. The minimum absolute atomic E-state index is 0.0288. The predicted molar refractivity (Wildman–Crippen MR) is 121 cm³/mol. The van der Waals surface area contributed by atoms with Crippen LogP contribution >= 0.6 is 0 Å². The number of carboxylic acids is 2. The van der Waals surface area contributed by atoms with Crippen LogP contribution in [0.5, 0.6) is 0 Å². The lowest BCUT2D eigenvalue weighted by atomic mass is 10.1. The van der Waals surface area contributed by atoms with Crippen LogP contribution in [0.2, 0.25) is 0 Å². The molecule has 1 aromatic heterocycles. The lowest BCUT2D eigenvalue weighted by molar-refractivity contribution is -0.136. The number of aromatic nitrogens is 1. The van der Waals surface area contributed by atoms with E-state index in [2.05, 4.69) is 4.98 Å². The molecular formula is C26H19NO5. The summed E-state index contributed by atoms with van der Waals surface area (Å²) in [5.74, 6) is -1.72. The van der Waals surface area contributed by atoms with Gasteiger partial charge in [-0.25, -0.2) is 9.78 Å². The van der Waals surface area contributed by atoms with E-state index in [-0.39, 0.29) is 17.9 Å². The van der Waals surface area contributed by atoms with Crippen LogP contribution in [-0.4, -0.2) is 27.1 Å². The second-order valence-corrected chi connectivity index (χ2v) is 7.11. The Balaban J connectivity index is 1.83. The third-order valence-electron chi connectivity index (χ3n) is 4.79. The van der Waals surface area contributed by atoms with Gasteiger partial charge in [-0.1, -0.05) is 84.9 Å². The van der Waals surface area contributed by atoms with Crippen molar-refractivity contribution in [3.05, 3.63) is 102 Å². The van der Waals surface area contributed by atoms with E-state index in [1.165, 1.54) is 6.08 Å². The summed E-state index contributed by atoms with van der Waals surface area (Å²) in [4.78, 5) is 27.6. The molecule has 0 fully saturated rings. The van der Waals surface area contributed by atoms with Crippen LogP contribution in [0.15, 0.2) is 89.3 Å². The molecule has 0 unspecified atom stereocenters. The first-order valence-corrected chi connectivity index (χ1v) is 9.89. The van der Waals surface area contributed by atoms with Crippen molar-refractivity contribution in [2.24, 2.45) is 0 Å². The molecule has 0 atom stereocenters. The van der Waals surface area contributed by atoms with Crippen molar-refractivity contribution >= 4 is 23.6 Å². The maximum atomic E-state index is 12.1. The van der Waals surface area contributed by atoms with Gasteiger partial charge in [-0.2, -0.15) is 0 Å². The molecule has 0 saturated heterocycles. The summed E-state index contributed by atoms with van der Waals surface area (Å²) in [6, 6.07) is 25.5. The standard InChI is InChI=1S/C26H19NO5/c28-22(29)16-18-9-7-8-17(14-18)15-21(26(30)31)25-27-23(19-10-3-1-4-11-19)24(32-25)20-12-5-2-6-13-20/h1-15H,16H2,(H,28,29)(H,30,31)/b21-15+. The van der Waals surface area contributed by atoms with E-state index in [4.69, 9.17) is 9.52 Å². The van der Waals surface area contributed by atoms with Crippen LogP contribution in [0.1, 0.15) is 17.0 Å². The molecule has 0 aliphatic carbocycles. The van der Waals surface area contributed by atoms with Crippen molar-refractivity contribution in [1.82, 2.24) is 4.98 Å². The Kier molecular flexibility index (Phi) is 5.94. The van der Waals surface area contributed by atoms with Gasteiger partial charge in [-0.15, -0.1) is 0 Å². The van der Waals surface area contributed by atoms with E-state index in [0.29, 0.717) is 22.6 Å². The molecule has 0 spiro atoms. The fourth-order valence-electron chi connectivity index (χ4n) is 3.36. The molecule has 32 heavy (non-hydrogen) atoms. The van der Waals surface area contributed by atoms with Gasteiger partial charge in [0.05, 0.1) is 6.42 Å². The highest BCUT2D eigenvalue weighted by Gasteiger charge is 2.22. The Morgan fingerprint density at radius 3 is 2.12 bits per heavy atom. The molecule has 2 N–H and O–H groups in total. The number of nitrogens with zero attached hydrogens (tertiary/aromatic N) is 1. The second-order valence-electron chi connectivity index (χ2n) is 7.11. The van der Waals surface area contributed by atoms with Crippen LogP contribution in [-0.2, 0) is 16.0 Å². The molecule has 6 heteroatoms. The Bertz CT molecular complexity index is 1230. The number of benzene rings is 3. The smallest absolute Gasteiger partial charge is 0.341 e. The average Bonchev–Trinajstić information content (AvgIpc) is 3.23. The lowest BCUT2D eigenvalue weighted by Crippen LogP contribution is -2.01. The van der Waals surface area contributed by atoms with Crippen LogP contribution in [0, 0.1) is 0 Å². The topological polar surface area (TPSA) is 101 Å². The Morgan fingerprint density at radius 2 is 1.50 bits per heavy atom. The summed E-state index contributed by atoms with van der Waals surface area (Å²) in [5, 5.41) is 18.9. The summed E-state index contributed by atoms with van der Waals surface area (Å²) in [7, 11) is 0. The third-order valence-corrected chi connectivity index (χ3v) is 4.79. The van der Waals surface area contributed by atoms with Gasteiger partial charge in [-0.3, -0.25) is 4.79 Å². The molecule has 4 aromatic rings. The number of hydrogen-bond donors (Lipinski definition) is 2. The van der Waals surface area contributed by atoms with Gasteiger partial charge in [0.15, 0.2) is 5.76 Å². The number of hydrogen-bond acceptors (Lipinski definition) is 4. The molecule has 4 rings (SSSR count). The van der Waals surface area contributed by atoms with Gasteiger partial charge >= 0.3 is 11.9 Å². The van der Waals surface area contributed by atoms with Crippen LogP contribution in [0.3, 0.4) is 0 Å². The maximum absolute atomic E-state index is 12.1. The van der Waals surface area contributed by atoms with Crippen molar-refractivity contribution in [2.45, 2.75) is 6.42 Å². The maximum Gasteiger partial charge on any atom is 0.341 e. The SMILES string of the molecule is O=C(O)Cc1cccc(/C=C(/C(=O)O)c2nc(-c3ccccc3)c(-c3ccccc3)o2)c1. The Labute approximate surface area is 184 Å². The molecule has 0 bridgehead atoms. The van der Waals surface area contributed by atoms with E-state index < -0.39 is 11.9 Å². The fourth-order valence-corrected chi connectivity index (χ4v) is 3.36. The Morgan fingerprint density at radius 1 is 0.844 bits per heavy atom. The molecule has 0 radical (unpaired) electrons. The summed E-state index contributed by atoms with van der Waals surface area (Å²) in [5.41, 5.74) is 3.10. The fraction of sp³-hybridized carbons (Fsp3) is 0.0385. The Hall–Kier alpha value is -4.45. The highest BCUT2D eigenvalue weighted by molar-refractivity contribution is 6.19. The number of carboxylic acid groups (broad SMARTS) is 2. The first-order chi connectivity index (χ1) is 15.5. The van der Waals surface area contributed by atoms with E-state index in [1.807, 2.05) is 60.7 Å². The zero-order valence-corrected chi connectivity index (χ0v) is 16.9. The van der Waals surface area contributed by atoms with Gasteiger partial charge in [-0.05, 0) is 17.2 Å². The first-order valence-electron chi connectivity index (χ1n) is 9.89. The first kappa shape index (κ1) is 20.8. The monoisotopic (exact) mass is 425 g/mol. The average molecular weight is 425 g/mol. The van der Waals surface area contributed by atoms with Gasteiger partial charge in [0.25, 0.3) is 0 Å².